The van der Waals surface area contributed by atoms with Crippen LogP contribution in [-0.2, 0) is 4.74 Å². The van der Waals surface area contributed by atoms with Gasteiger partial charge >= 0.3 is 5.97 Å². The van der Waals surface area contributed by atoms with E-state index in [0.717, 1.165) is 4.90 Å². The summed E-state index contributed by atoms with van der Waals surface area (Å²) in [5.74, 6) is -0.792. The van der Waals surface area contributed by atoms with Crippen LogP contribution in [0.2, 0.25) is 0 Å². The Morgan fingerprint density at radius 3 is 2.27 bits per heavy atom. The molecule has 0 atom stereocenters. The Hall–Kier alpha value is -3.67. The summed E-state index contributed by atoms with van der Waals surface area (Å²) in [7, 11) is 1.27. The van der Waals surface area contributed by atoms with Crippen LogP contribution in [0, 0.1) is 0 Å². The lowest BCUT2D eigenvalue weighted by atomic mass is 10.1. The molecule has 0 bridgehead atoms. The molecule has 1 aliphatic rings. The van der Waals surface area contributed by atoms with Crippen LogP contribution >= 0.6 is 0 Å². The lowest BCUT2D eigenvalue weighted by molar-refractivity contribution is 0.0566. The number of methoxy groups -OCH3 is 1. The van der Waals surface area contributed by atoms with Gasteiger partial charge in [0.15, 0.2) is 0 Å². The quantitative estimate of drug-likeness (QED) is 0.535. The fourth-order valence-electron chi connectivity index (χ4n) is 2.93. The first-order valence-electron chi connectivity index (χ1n) is 7.86. The van der Waals surface area contributed by atoms with E-state index in [1.54, 1.807) is 54.6 Å². The standard InChI is InChI=1S/C20H13NO5/c1-25-20(24)17-10-9-16(26-17)12-5-4-6-13(11-12)21-18(22)14-7-2-3-8-15(14)19(21)23/h2-11H,1H3. The molecular formula is C20H13NO5. The number of carbonyl (C=O) groups is 3. The number of hydrogen-bond donors (Lipinski definition) is 0. The molecule has 3 aromatic rings. The molecule has 0 spiro atoms. The minimum Gasteiger partial charge on any atom is -0.463 e. The first kappa shape index (κ1) is 15.8. The summed E-state index contributed by atoms with van der Waals surface area (Å²) in [5, 5.41) is 0. The third-order valence-electron chi connectivity index (χ3n) is 4.18. The van der Waals surface area contributed by atoms with Gasteiger partial charge in [-0.2, -0.15) is 0 Å². The van der Waals surface area contributed by atoms with Crippen molar-refractivity contribution in [3.8, 4) is 11.3 Å². The van der Waals surface area contributed by atoms with Gasteiger partial charge in [-0.25, -0.2) is 9.69 Å². The minimum atomic E-state index is -0.576. The number of furan rings is 1. The number of nitrogens with zero attached hydrogens (tertiary/aromatic N) is 1. The fraction of sp³-hybridized carbons (Fsp3) is 0.0500. The SMILES string of the molecule is COC(=O)c1ccc(-c2cccc(N3C(=O)c4ccccc4C3=O)c2)o1. The molecule has 2 aromatic carbocycles. The first-order chi connectivity index (χ1) is 12.6. The van der Waals surface area contributed by atoms with Gasteiger partial charge in [0.1, 0.15) is 5.76 Å². The number of esters is 1. The molecular weight excluding hydrogens is 334 g/mol. The van der Waals surface area contributed by atoms with E-state index in [2.05, 4.69) is 4.74 Å². The Morgan fingerprint density at radius 2 is 1.62 bits per heavy atom. The number of benzene rings is 2. The van der Waals surface area contributed by atoms with E-state index >= 15 is 0 Å². The van der Waals surface area contributed by atoms with Crippen LogP contribution in [-0.4, -0.2) is 24.9 Å². The van der Waals surface area contributed by atoms with Gasteiger partial charge in [0.2, 0.25) is 5.76 Å². The Kier molecular flexibility index (Phi) is 3.65. The van der Waals surface area contributed by atoms with Gasteiger partial charge in [-0.05, 0) is 36.4 Å². The highest BCUT2D eigenvalue weighted by Gasteiger charge is 2.36. The third kappa shape index (κ3) is 2.39. The van der Waals surface area contributed by atoms with E-state index < -0.39 is 5.97 Å². The number of hydrogen-bond acceptors (Lipinski definition) is 5. The highest BCUT2D eigenvalue weighted by Crippen LogP contribution is 2.31. The van der Waals surface area contributed by atoms with Gasteiger partial charge in [0.05, 0.1) is 23.9 Å². The Labute approximate surface area is 148 Å². The smallest absolute Gasteiger partial charge is 0.373 e. The molecule has 0 N–H and O–H groups in total. The van der Waals surface area contributed by atoms with Crippen LogP contribution in [0.25, 0.3) is 11.3 Å². The topological polar surface area (TPSA) is 76.8 Å². The Morgan fingerprint density at radius 1 is 0.923 bits per heavy atom. The molecule has 6 heteroatoms. The van der Waals surface area contributed by atoms with E-state index in [-0.39, 0.29) is 17.6 Å². The summed E-state index contributed by atoms with van der Waals surface area (Å²) in [6.07, 6.45) is 0. The fourth-order valence-corrected chi connectivity index (χ4v) is 2.93. The molecule has 2 amide bonds. The molecule has 128 valence electrons. The van der Waals surface area contributed by atoms with Crippen molar-refractivity contribution in [3.63, 3.8) is 0 Å². The molecule has 2 heterocycles. The zero-order valence-electron chi connectivity index (χ0n) is 13.8. The van der Waals surface area contributed by atoms with Crippen molar-refractivity contribution in [2.75, 3.05) is 12.0 Å². The molecule has 0 radical (unpaired) electrons. The van der Waals surface area contributed by atoms with Crippen molar-refractivity contribution in [3.05, 3.63) is 77.6 Å². The van der Waals surface area contributed by atoms with Gasteiger partial charge in [-0.3, -0.25) is 9.59 Å². The second-order valence-corrected chi connectivity index (χ2v) is 5.70. The molecule has 0 fully saturated rings. The third-order valence-corrected chi connectivity index (χ3v) is 4.18. The maximum Gasteiger partial charge on any atom is 0.373 e. The second-order valence-electron chi connectivity index (χ2n) is 5.70. The zero-order valence-corrected chi connectivity index (χ0v) is 13.8. The number of amides is 2. The van der Waals surface area contributed by atoms with E-state index in [0.29, 0.717) is 28.1 Å². The number of rotatable bonds is 3. The van der Waals surface area contributed by atoms with Crippen molar-refractivity contribution in [1.29, 1.82) is 0 Å². The van der Waals surface area contributed by atoms with Gasteiger partial charge < -0.3 is 9.15 Å². The number of anilines is 1. The average Bonchev–Trinajstić information content (AvgIpc) is 3.26. The average molecular weight is 347 g/mol. The van der Waals surface area contributed by atoms with Crippen LogP contribution in [0.15, 0.2) is 65.1 Å². The molecule has 4 rings (SSSR count). The normalized spacial score (nSPS) is 13.0. The van der Waals surface area contributed by atoms with Crippen LogP contribution in [0.3, 0.4) is 0 Å². The first-order valence-corrected chi connectivity index (χ1v) is 7.86. The van der Waals surface area contributed by atoms with Crippen molar-refractivity contribution in [2.45, 2.75) is 0 Å². The molecule has 1 aromatic heterocycles. The zero-order chi connectivity index (χ0) is 18.3. The summed E-state index contributed by atoms with van der Waals surface area (Å²) in [6.45, 7) is 0. The Bertz CT molecular complexity index is 1010. The van der Waals surface area contributed by atoms with Crippen molar-refractivity contribution in [2.24, 2.45) is 0 Å². The van der Waals surface area contributed by atoms with Gasteiger partial charge in [0.25, 0.3) is 11.8 Å². The van der Waals surface area contributed by atoms with Crippen LogP contribution in [0.5, 0.6) is 0 Å². The molecule has 26 heavy (non-hydrogen) atoms. The monoisotopic (exact) mass is 347 g/mol. The number of carbonyl (C=O) groups excluding carboxylic acids is 3. The molecule has 0 unspecified atom stereocenters. The highest BCUT2D eigenvalue weighted by molar-refractivity contribution is 6.34. The van der Waals surface area contributed by atoms with E-state index in [1.165, 1.54) is 13.2 Å². The minimum absolute atomic E-state index is 0.0774. The largest absolute Gasteiger partial charge is 0.463 e. The molecule has 6 nitrogen and oxygen atoms in total. The van der Waals surface area contributed by atoms with Crippen molar-refractivity contribution in [1.82, 2.24) is 0 Å². The lowest BCUT2D eigenvalue weighted by Crippen LogP contribution is -2.29. The number of imide groups is 1. The van der Waals surface area contributed by atoms with E-state index in [4.69, 9.17) is 4.42 Å². The van der Waals surface area contributed by atoms with Crippen LogP contribution < -0.4 is 4.90 Å². The van der Waals surface area contributed by atoms with Crippen LogP contribution in [0.1, 0.15) is 31.3 Å². The maximum absolute atomic E-state index is 12.6. The lowest BCUT2D eigenvalue weighted by Gasteiger charge is -2.14. The predicted molar refractivity (Wildman–Crippen MR) is 93.1 cm³/mol. The van der Waals surface area contributed by atoms with Crippen molar-refractivity contribution >= 4 is 23.5 Å². The van der Waals surface area contributed by atoms with Gasteiger partial charge in [-0.15, -0.1) is 0 Å². The predicted octanol–water partition coefficient (Wildman–Crippen LogP) is 3.53. The van der Waals surface area contributed by atoms with E-state index in [1.807, 2.05) is 0 Å². The Balaban J connectivity index is 1.71. The summed E-state index contributed by atoms with van der Waals surface area (Å²) in [5.41, 5.74) is 1.83. The maximum atomic E-state index is 12.6. The summed E-state index contributed by atoms with van der Waals surface area (Å²) in [6, 6.07) is 16.7. The van der Waals surface area contributed by atoms with Gasteiger partial charge in [-0.1, -0.05) is 24.3 Å². The number of fused-ring (bicyclic) bond motifs is 1. The summed E-state index contributed by atoms with van der Waals surface area (Å²) in [4.78, 5) is 37.9. The molecule has 1 aliphatic heterocycles. The van der Waals surface area contributed by atoms with Gasteiger partial charge in [0, 0.05) is 5.56 Å². The molecule has 0 aliphatic carbocycles. The highest BCUT2D eigenvalue weighted by atomic mass is 16.5. The molecule has 0 saturated heterocycles. The second kappa shape index (κ2) is 6.00. The molecule has 0 saturated carbocycles. The number of ether oxygens (including phenoxy) is 1. The summed E-state index contributed by atoms with van der Waals surface area (Å²) >= 11 is 0. The van der Waals surface area contributed by atoms with Crippen LogP contribution in [0.4, 0.5) is 5.69 Å². The van der Waals surface area contributed by atoms with Crippen molar-refractivity contribution < 1.29 is 23.5 Å². The van der Waals surface area contributed by atoms with E-state index in [9.17, 15) is 14.4 Å². The summed E-state index contributed by atoms with van der Waals surface area (Å²) < 4.78 is 10.1.